The number of nitrogens with zero attached hydrogens (tertiary/aromatic N) is 4. The fourth-order valence-corrected chi connectivity index (χ4v) is 4.77. The Balaban J connectivity index is 1.67. The zero-order chi connectivity index (χ0) is 34.8. The summed E-state index contributed by atoms with van der Waals surface area (Å²) in [4.78, 5) is 56.7. The van der Waals surface area contributed by atoms with Crippen LogP contribution in [0.2, 0.25) is 0 Å². The maximum Gasteiger partial charge on any atom is 0.338 e. The number of carbonyl (C=O) groups is 3. The largest absolute Gasteiger partial charge is 0.497 e. The molecule has 11 heteroatoms. The minimum atomic E-state index is -0.562. The number of rotatable bonds is 12. The fraction of sp³-hybridized carbons (Fsp3) is 0.184. The number of ether oxygens (including phenoxy) is 4. The van der Waals surface area contributed by atoms with Gasteiger partial charge in [0.2, 0.25) is 0 Å². The van der Waals surface area contributed by atoms with E-state index in [1.54, 1.807) is 64.3 Å². The highest BCUT2D eigenvalue weighted by Crippen LogP contribution is 2.28. The van der Waals surface area contributed by atoms with Crippen LogP contribution >= 0.6 is 0 Å². The van der Waals surface area contributed by atoms with Crippen molar-refractivity contribution in [1.29, 1.82) is 0 Å². The predicted molar refractivity (Wildman–Crippen MR) is 184 cm³/mol. The first-order chi connectivity index (χ1) is 23.8. The van der Waals surface area contributed by atoms with Gasteiger partial charge in [0.25, 0.3) is 0 Å². The molecule has 4 heterocycles. The van der Waals surface area contributed by atoms with Crippen molar-refractivity contribution in [3.8, 4) is 39.9 Å². The van der Waals surface area contributed by atoms with Crippen molar-refractivity contribution in [1.82, 2.24) is 19.9 Å². The molecule has 0 atom stereocenters. The number of esters is 3. The molecule has 1 aromatic carbocycles. The third-order valence-corrected chi connectivity index (χ3v) is 7.10. The molecule has 0 amide bonds. The van der Waals surface area contributed by atoms with Gasteiger partial charge in [-0.2, -0.15) is 0 Å². The van der Waals surface area contributed by atoms with Crippen molar-refractivity contribution >= 4 is 30.1 Å². The summed E-state index contributed by atoms with van der Waals surface area (Å²) in [6.45, 7) is 5.79. The molecule has 11 nitrogen and oxygen atoms in total. The lowest BCUT2D eigenvalue weighted by Gasteiger charge is -2.11. The quantitative estimate of drug-likeness (QED) is 0.101. The first-order valence-corrected chi connectivity index (χ1v) is 15.6. The molecule has 0 saturated carbocycles. The predicted octanol–water partition coefficient (Wildman–Crippen LogP) is 6.98. The number of hydrogen-bond donors (Lipinski definition) is 0. The first-order valence-electron chi connectivity index (χ1n) is 15.6. The van der Waals surface area contributed by atoms with Crippen LogP contribution in [0.4, 0.5) is 0 Å². The monoisotopic (exact) mass is 658 g/mol. The van der Waals surface area contributed by atoms with Crippen molar-refractivity contribution in [3.05, 3.63) is 113 Å². The van der Waals surface area contributed by atoms with Gasteiger partial charge in [-0.25, -0.2) is 24.4 Å². The third kappa shape index (κ3) is 8.58. The average Bonchev–Trinajstić information content (AvgIpc) is 3.14. The molecule has 0 unspecified atom stereocenters. The smallest absolute Gasteiger partial charge is 0.338 e. The second kappa shape index (κ2) is 16.1. The summed E-state index contributed by atoms with van der Waals surface area (Å²) in [6.07, 6.45) is 6.83. The Hall–Kier alpha value is -6.23. The van der Waals surface area contributed by atoms with Gasteiger partial charge in [-0.3, -0.25) is 9.97 Å². The van der Waals surface area contributed by atoms with Crippen molar-refractivity contribution in [2.75, 3.05) is 26.9 Å². The maximum atomic E-state index is 13.0. The van der Waals surface area contributed by atoms with Gasteiger partial charge in [0.05, 0.1) is 77.8 Å². The van der Waals surface area contributed by atoms with E-state index in [1.165, 1.54) is 12.4 Å². The number of carbonyl (C=O) groups excluding carboxylic acids is 3. The summed E-state index contributed by atoms with van der Waals surface area (Å²) in [7, 11) is 1.61. The summed E-state index contributed by atoms with van der Waals surface area (Å²) in [6, 6.07) is 20.7. The zero-order valence-electron chi connectivity index (χ0n) is 27.5. The SMILES string of the molecule is CCOC(=O)c1ccnc(-c2cc(/C=C/c3ccc(OC)cc3)cc(-c3cc(C(=O)OCC)cc(-c4cc(C(=O)OCC)ccn4)n3)n2)c1. The normalized spacial score (nSPS) is 10.9. The molecule has 0 aliphatic carbocycles. The lowest BCUT2D eigenvalue weighted by molar-refractivity contribution is 0.0516. The van der Waals surface area contributed by atoms with Crippen LogP contribution in [0.5, 0.6) is 5.75 Å². The van der Waals surface area contributed by atoms with Crippen molar-refractivity contribution < 1.29 is 33.3 Å². The average molecular weight is 659 g/mol. The Morgan fingerprint density at radius 2 is 0.939 bits per heavy atom. The second-order valence-electron chi connectivity index (χ2n) is 10.4. The molecule has 0 spiro atoms. The fourth-order valence-electron chi connectivity index (χ4n) is 4.77. The molecule has 0 aliphatic rings. The van der Waals surface area contributed by atoms with Crippen LogP contribution < -0.4 is 4.74 Å². The molecule has 248 valence electrons. The molecule has 0 aliphatic heterocycles. The topological polar surface area (TPSA) is 140 Å². The molecule has 4 aromatic heterocycles. The highest BCUT2D eigenvalue weighted by Gasteiger charge is 2.18. The summed E-state index contributed by atoms with van der Waals surface area (Å²) in [5, 5.41) is 0. The molecule has 0 bridgehead atoms. The summed E-state index contributed by atoms with van der Waals surface area (Å²) < 4.78 is 20.9. The minimum absolute atomic E-state index is 0.166. The van der Waals surface area contributed by atoms with Crippen LogP contribution in [0.25, 0.3) is 46.3 Å². The number of hydrogen-bond acceptors (Lipinski definition) is 11. The molecule has 0 saturated heterocycles. The maximum absolute atomic E-state index is 13.0. The van der Waals surface area contributed by atoms with E-state index in [4.69, 9.17) is 28.9 Å². The van der Waals surface area contributed by atoms with E-state index in [0.717, 1.165) is 16.9 Å². The van der Waals surface area contributed by atoms with E-state index in [2.05, 4.69) is 9.97 Å². The molecule has 0 radical (unpaired) electrons. The molecule has 5 rings (SSSR count). The molecule has 0 N–H and O–H groups in total. The standard InChI is InChI=1S/C38H34N4O7/c1-5-47-36(43)26-14-16-39-30(20-26)32-18-25(9-8-24-10-12-29(46-4)13-11-24)19-33(41-32)35-23-28(38(45)49-7-3)22-34(42-35)31-21-27(15-17-40-31)37(44)48-6-2/h8-23H,5-7H2,1-4H3/b9-8+. The summed E-state index contributed by atoms with van der Waals surface area (Å²) >= 11 is 0. The van der Waals surface area contributed by atoms with Crippen LogP contribution in [0, 0.1) is 0 Å². The van der Waals surface area contributed by atoms with Gasteiger partial charge in [0.1, 0.15) is 5.75 Å². The number of aromatic nitrogens is 4. The number of pyridine rings is 4. The van der Waals surface area contributed by atoms with E-state index in [1.807, 2.05) is 48.6 Å². The molecular formula is C38H34N4O7. The molecule has 5 aromatic rings. The minimum Gasteiger partial charge on any atom is -0.497 e. The highest BCUT2D eigenvalue weighted by molar-refractivity contribution is 5.93. The Labute approximate surface area is 283 Å². The van der Waals surface area contributed by atoms with Gasteiger partial charge in [0.15, 0.2) is 0 Å². The van der Waals surface area contributed by atoms with E-state index in [9.17, 15) is 14.4 Å². The van der Waals surface area contributed by atoms with E-state index >= 15 is 0 Å². The van der Waals surface area contributed by atoms with Gasteiger partial charge in [-0.15, -0.1) is 0 Å². The van der Waals surface area contributed by atoms with Gasteiger partial charge < -0.3 is 18.9 Å². The lowest BCUT2D eigenvalue weighted by atomic mass is 10.0. The highest BCUT2D eigenvalue weighted by atomic mass is 16.5. The van der Waals surface area contributed by atoms with Crippen LogP contribution in [-0.4, -0.2) is 64.8 Å². The van der Waals surface area contributed by atoms with E-state index < -0.39 is 17.9 Å². The van der Waals surface area contributed by atoms with Crippen LogP contribution in [0.3, 0.4) is 0 Å². The Morgan fingerprint density at radius 1 is 0.531 bits per heavy atom. The summed E-state index contributed by atoms with van der Waals surface area (Å²) in [5.41, 5.74) is 4.79. The van der Waals surface area contributed by atoms with Crippen molar-refractivity contribution in [3.63, 3.8) is 0 Å². The van der Waals surface area contributed by atoms with Crippen molar-refractivity contribution in [2.24, 2.45) is 0 Å². The number of benzene rings is 1. The third-order valence-electron chi connectivity index (χ3n) is 7.10. The van der Waals surface area contributed by atoms with Crippen LogP contribution in [0.1, 0.15) is 63.0 Å². The van der Waals surface area contributed by atoms with Crippen LogP contribution in [-0.2, 0) is 14.2 Å². The van der Waals surface area contributed by atoms with Gasteiger partial charge >= 0.3 is 17.9 Å². The molecular weight excluding hydrogens is 624 g/mol. The van der Waals surface area contributed by atoms with Gasteiger partial charge in [0, 0.05) is 12.4 Å². The molecule has 0 fully saturated rings. The Kier molecular flexibility index (Phi) is 11.2. The number of methoxy groups -OCH3 is 1. The Bertz CT molecular complexity index is 2010. The zero-order valence-corrected chi connectivity index (χ0v) is 27.5. The second-order valence-corrected chi connectivity index (χ2v) is 10.4. The lowest BCUT2D eigenvalue weighted by Crippen LogP contribution is -2.08. The van der Waals surface area contributed by atoms with Crippen LogP contribution in [0.15, 0.2) is 85.2 Å². The van der Waals surface area contributed by atoms with Gasteiger partial charge in [-0.05, 0) is 92.6 Å². The first kappa shape index (κ1) is 34.1. The van der Waals surface area contributed by atoms with Crippen molar-refractivity contribution in [2.45, 2.75) is 20.8 Å². The summed E-state index contributed by atoms with van der Waals surface area (Å²) in [5.74, 6) is -0.807. The molecule has 49 heavy (non-hydrogen) atoms. The van der Waals surface area contributed by atoms with Gasteiger partial charge in [-0.1, -0.05) is 24.3 Å². The van der Waals surface area contributed by atoms with E-state index in [0.29, 0.717) is 39.7 Å². The van der Waals surface area contributed by atoms with E-state index in [-0.39, 0.29) is 30.9 Å². The Morgan fingerprint density at radius 3 is 1.43 bits per heavy atom.